The van der Waals surface area contributed by atoms with Gasteiger partial charge in [-0.2, -0.15) is 0 Å². The fourth-order valence-corrected chi connectivity index (χ4v) is 2.71. The summed E-state index contributed by atoms with van der Waals surface area (Å²) in [5.74, 6) is 0.305. The number of nitrogens with one attached hydrogen (secondary N) is 2. The molecule has 102 valence electrons. The van der Waals surface area contributed by atoms with E-state index >= 15 is 0 Å². The zero-order valence-electron chi connectivity index (χ0n) is 10.0. The third kappa shape index (κ3) is 4.59. The fraction of sp³-hybridized carbons (Fsp3) is 0.444. The highest BCUT2D eigenvalue weighted by Crippen LogP contribution is 2.09. The van der Waals surface area contributed by atoms with Gasteiger partial charge in [0.25, 0.3) is 0 Å². The van der Waals surface area contributed by atoms with Crippen LogP contribution >= 0.6 is 0 Å². The first kappa shape index (κ1) is 14.9. The highest BCUT2D eigenvalue weighted by Gasteiger charge is 2.14. The molecule has 9 heteroatoms. The molecule has 2 N–H and O–H groups in total. The number of anilines is 1. The lowest BCUT2D eigenvalue weighted by Crippen LogP contribution is -2.29. The molecule has 1 heterocycles. The monoisotopic (exact) mass is 293 g/mol. The lowest BCUT2D eigenvalue weighted by Gasteiger charge is -2.06. The topological polar surface area (TPSA) is 105 Å². The molecule has 0 aromatic carbocycles. The Bertz CT molecular complexity index is 593. The van der Waals surface area contributed by atoms with Gasteiger partial charge >= 0.3 is 0 Å². The normalized spacial score (nSPS) is 12.3. The number of sulfonamides is 1. The summed E-state index contributed by atoms with van der Waals surface area (Å²) in [6.07, 6.45) is 2.25. The van der Waals surface area contributed by atoms with Gasteiger partial charge in [-0.15, -0.1) is 0 Å². The van der Waals surface area contributed by atoms with Crippen LogP contribution in [0.4, 0.5) is 5.82 Å². The van der Waals surface area contributed by atoms with Gasteiger partial charge in [-0.3, -0.25) is 0 Å². The van der Waals surface area contributed by atoms with Gasteiger partial charge in [-0.1, -0.05) is 0 Å². The molecule has 0 spiro atoms. The molecule has 0 fully saturated rings. The summed E-state index contributed by atoms with van der Waals surface area (Å²) in [4.78, 5) is 3.87. The minimum Gasteiger partial charge on any atom is -0.373 e. The largest absolute Gasteiger partial charge is 0.373 e. The van der Waals surface area contributed by atoms with Crippen LogP contribution in [0.1, 0.15) is 0 Å². The zero-order valence-corrected chi connectivity index (χ0v) is 11.7. The van der Waals surface area contributed by atoms with Gasteiger partial charge in [0, 0.05) is 26.0 Å². The lowest BCUT2D eigenvalue weighted by molar-refractivity contribution is 0.581. The van der Waals surface area contributed by atoms with Crippen molar-refractivity contribution in [1.82, 2.24) is 9.71 Å². The van der Waals surface area contributed by atoms with Crippen molar-refractivity contribution in [2.45, 2.75) is 4.90 Å². The Hall–Kier alpha value is -1.19. The van der Waals surface area contributed by atoms with E-state index in [1.165, 1.54) is 18.3 Å². The SMILES string of the molecule is CNc1ccc(S(=O)(=O)NCCS(C)(=O)=O)cn1. The highest BCUT2D eigenvalue weighted by molar-refractivity contribution is 7.91. The van der Waals surface area contributed by atoms with Crippen LogP contribution in [0, 0.1) is 0 Å². The Labute approximate surface area is 107 Å². The molecule has 0 aliphatic carbocycles. The molecule has 1 aromatic heterocycles. The van der Waals surface area contributed by atoms with Crippen molar-refractivity contribution in [2.24, 2.45) is 0 Å². The quantitative estimate of drug-likeness (QED) is 0.729. The van der Waals surface area contributed by atoms with Crippen LogP contribution in [0.25, 0.3) is 0 Å². The summed E-state index contributed by atoms with van der Waals surface area (Å²) in [6.45, 7) is -0.158. The van der Waals surface area contributed by atoms with Crippen molar-refractivity contribution < 1.29 is 16.8 Å². The van der Waals surface area contributed by atoms with Gasteiger partial charge in [-0.05, 0) is 12.1 Å². The molecule has 0 radical (unpaired) electrons. The minimum absolute atomic E-state index is 0.00463. The van der Waals surface area contributed by atoms with Crippen molar-refractivity contribution in [2.75, 3.05) is 30.9 Å². The smallest absolute Gasteiger partial charge is 0.242 e. The summed E-state index contributed by atoms with van der Waals surface area (Å²) in [5.41, 5.74) is 0. The van der Waals surface area contributed by atoms with E-state index < -0.39 is 19.9 Å². The molecule has 1 aromatic rings. The number of pyridine rings is 1. The molecule has 0 saturated carbocycles. The molecule has 0 unspecified atom stereocenters. The van der Waals surface area contributed by atoms with Gasteiger partial charge in [0.1, 0.15) is 20.6 Å². The van der Waals surface area contributed by atoms with Crippen LogP contribution in [-0.2, 0) is 19.9 Å². The maximum Gasteiger partial charge on any atom is 0.242 e. The Morgan fingerprint density at radius 2 is 1.89 bits per heavy atom. The van der Waals surface area contributed by atoms with E-state index in [0.717, 1.165) is 6.26 Å². The van der Waals surface area contributed by atoms with E-state index in [1.54, 1.807) is 7.05 Å². The molecule has 0 saturated heterocycles. The van der Waals surface area contributed by atoms with Gasteiger partial charge in [0.15, 0.2) is 0 Å². The number of hydrogen-bond acceptors (Lipinski definition) is 6. The molecule has 7 nitrogen and oxygen atoms in total. The van der Waals surface area contributed by atoms with Crippen molar-refractivity contribution >= 4 is 25.7 Å². The van der Waals surface area contributed by atoms with Crippen LogP contribution in [0.5, 0.6) is 0 Å². The third-order valence-corrected chi connectivity index (χ3v) is 4.46. The van der Waals surface area contributed by atoms with Crippen molar-refractivity contribution in [3.63, 3.8) is 0 Å². The Morgan fingerprint density at radius 1 is 1.22 bits per heavy atom. The van der Waals surface area contributed by atoms with Crippen LogP contribution in [-0.4, -0.2) is 47.4 Å². The molecular formula is C9H15N3O4S2. The average molecular weight is 293 g/mol. The Balaban J connectivity index is 2.74. The highest BCUT2D eigenvalue weighted by atomic mass is 32.2. The van der Waals surface area contributed by atoms with Crippen molar-refractivity contribution in [3.05, 3.63) is 18.3 Å². The van der Waals surface area contributed by atoms with Crippen molar-refractivity contribution in [1.29, 1.82) is 0 Å². The Kier molecular flexibility index (Phi) is 4.65. The minimum atomic E-state index is -3.71. The van der Waals surface area contributed by atoms with Gasteiger partial charge in [0.05, 0.1) is 5.75 Å². The average Bonchev–Trinajstić information content (AvgIpc) is 2.27. The molecule has 0 amide bonds. The molecular weight excluding hydrogens is 278 g/mol. The van der Waals surface area contributed by atoms with E-state index in [1.807, 2.05) is 0 Å². The van der Waals surface area contributed by atoms with Crippen LogP contribution in [0.2, 0.25) is 0 Å². The maximum absolute atomic E-state index is 11.8. The first-order valence-corrected chi connectivity index (χ1v) is 8.60. The second-order valence-electron chi connectivity index (χ2n) is 3.66. The Morgan fingerprint density at radius 3 is 2.33 bits per heavy atom. The molecule has 0 atom stereocenters. The summed E-state index contributed by atoms with van der Waals surface area (Å²) in [7, 11) is -5.24. The number of hydrogen-bond donors (Lipinski definition) is 2. The second kappa shape index (κ2) is 5.63. The second-order valence-corrected chi connectivity index (χ2v) is 7.68. The van der Waals surface area contributed by atoms with Crippen LogP contribution in [0.3, 0.4) is 0 Å². The molecule has 18 heavy (non-hydrogen) atoms. The first-order chi connectivity index (χ1) is 8.24. The summed E-state index contributed by atoms with van der Waals surface area (Å²) < 4.78 is 47.5. The van der Waals surface area contributed by atoms with Crippen molar-refractivity contribution in [3.8, 4) is 0 Å². The summed E-state index contributed by atoms with van der Waals surface area (Å²) in [6, 6.07) is 2.91. The van der Waals surface area contributed by atoms with E-state index in [0.29, 0.717) is 5.82 Å². The number of aromatic nitrogens is 1. The van der Waals surface area contributed by atoms with Crippen LogP contribution < -0.4 is 10.0 Å². The lowest BCUT2D eigenvalue weighted by atomic mass is 10.5. The third-order valence-electron chi connectivity index (χ3n) is 2.07. The maximum atomic E-state index is 11.8. The van der Waals surface area contributed by atoms with Gasteiger partial charge in [-0.25, -0.2) is 26.5 Å². The molecule has 0 aliphatic rings. The predicted molar refractivity (Wildman–Crippen MR) is 68.7 cm³/mol. The number of rotatable bonds is 6. The molecule has 0 aliphatic heterocycles. The van der Waals surface area contributed by atoms with E-state index in [-0.39, 0.29) is 17.2 Å². The molecule has 1 rings (SSSR count). The molecule has 0 bridgehead atoms. The van der Waals surface area contributed by atoms with Gasteiger partial charge < -0.3 is 5.32 Å². The van der Waals surface area contributed by atoms with Gasteiger partial charge in [0.2, 0.25) is 10.0 Å². The standard InChI is InChI=1S/C9H15N3O4S2/c1-10-9-4-3-8(7-11-9)18(15,16)12-5-6-17(2,13)14/h3-4,7,12H,5-6H2,1-2H3,(H,10,11). The van der Waals surface area contributed by atoms with E-state index in [9.17, 15) is 16.8 Å². The van der Waals surface area contributed by atoms with E-state index in [4.69, 9.17) is 0 Å². The summed E-state index contributed by atoms with van der Waals surface area (Å²) >= 11 is 0. The fourth-order valence-electron chi connectivity index (χ4n) is 1.13. The first-order valence-electron chi connectivity index (χ1n) is 5.06. The number of nitrogens with zero attached hydrogens (tertiary/aromatic N) is 1. The zero-order chi connectivity index (χ0) is 13.8. The summed E-state index contributed by atoms with van der Waals surface area (Å²) in [5, 5.41) is 2.76. The predicted octanol–water partition coefficient (Wildman–Crippen LogP) is -0.554. The van der Waals surface area contributed by atoms with E-state index in [2.05, 4.69) is 15.0 Å². The number of sulfone groups is 1. The van der Waals surface area contributed by atoms with Crippen LogP contribution in [0.15, 0.2) is 23.2 Å².